The van der Waals surface area contributed by atoms with Crippen molar-refractivity contribution in [1.29, 1.82) is 0 Å². The van der Waals surface area contributed by atoms with Crippen LogP contribution in [0.1, 0.15) is 68.8 Å². The Morgan fingerprint density at radius 2 is 1.94 bits per heavy atom. The number of carbonyl (C=O) groups is 1. The number of aromatic nitrogens is 9. The number of piperidine rings is 1. The number of nitrogen functional groups attached to an aromatic ring is 1. The molecule has 1 aromatic carbocycles. The smallest absolute Gasteiger partial charge is 0.410 e. The van der Waals surface area contributed by atoms with Crippen molar-refractivity contribution in [2.24, 2.45) is 0 Å². The van der Waals surface area contributed by atoms with E-state index in [-0.39, 0.29) is 18.1 Å². The highest BCUT2D eigenvalue weighted by molar-refractivity contribution is 5.83. The van der Waals surface area contributed by atoms with Gasteiger partial charge in [-0.2, -0.15) is 5.10 Å². The fourth-order valence-electron chi connectivity index (χ4n) is 6.85. The monoisotopic (exact) mass is 643 g/mol. The van der Waals surface area contributed by atoms with Crippen molar-refractivity contribution in [2.75, 3.05) is 18.8 Å². The SMILES string of the molecule is CC(C)(C)OC(=O)N1CCCC(c2cn([C@H]3CCc4cc(-n5c(-c6cccnc6N)nc6ccc(-n7cccn7)nc65)ccc43)nn2)C1. The van der Waals surface area contributed by atoms with Gasteiger partial charge in [0.15, 0.2) is 17.3 Å². The number of anilines is 1. The van der Waals surface area contributed by atoms with E-state index in [0.29, 0.717) is 36.2 Å². The summed E-state index contributed by atoms with van der Waals surface area (Å²) in [6.45, 7) is 6.95. The Bertz CT molecular complexity index is 2130. The van der Waals surface area contributed by atoms with Crippen LogP contribution in [0, 0.1) is 0 Å². The molecule has 13 nitrogen and oxygen atoms in total. The van der Waals surface area contributed by atoms with Crippen molar-refractivity contribution in [3.8, 4) is 22.9 Å². The lowest BCUT2D eigenvalue weighted by Gasteiger charge is -2.33. The number of ether oxygens (including phenoxy) is 1. The zero-order valence-corrected chi connectivity index (χ0v) is 27.2. The fourth-order valence-corrected chi connectivity index (χ4v) is 6.85. The second kappa shape index (κ2) is 11.6. The van der Waals surface area contributed by atoms with Gasteiger partial charge in [-0.3, -0.25) is 4.57 Å². The van der Waals surface area contributed by atoms with Gasteiger partial charge in [0.2, 0.25) is 0 Å². The molecule has 1 amide bonds. The molecule has 0 radical (unpaired) electrons. The average molecular weight is 644 g/mol. The lowest BCUT2D eigenvalue weighted by Crippen LogP contribution is -2.42. The molecule has 0 spiro atoms. The van der Waals surface area contributed by atoms with E-state index in [9.17, 15) is 4.79 Å². The van der Waals surface area contributed by atoms with Crippen LogP contribution < -0.4 is 5.73 Å². The number of amides is 1. The topological polar surface area (TPSA) is 148 Å². The van der Waals surface area contributed by atoms with Crippen LogP contribution >= 0.6 is 0 Å². The number of pyridine rings is 2. The van der Waals surface area contributed by atoms with E-state index in [1.165, 1.54) is 11.1 Å². The Balaban J connectivity index is 1.11. The van der Waals surface area contributed by atoms with Crippen molar-refractivity contribution < 1.29 is 9.53 Å². The number of hydrogen-bond donors (Lipinski definition) is 1. The predicted octanol–water partition coefficient (Wildman–Crippen LogP) is 5.49. The Morgan fingerprint density at radius 3 is 2.75 bits per heavy atom. The fraction of sp³-hybridized carbons (Fsp3) is 0.343. The van der Waals surface area contributed by atoms with Crippen LogP contribution in [0.4, 0.5) is 10.6 Å². The van der Waals surface area contributed by atoms with Gasteiger partial charge in [-0.25, -0.2) is 29.1 Å². The molecule has 1 saturated heterocycles. The summed E-state index contributed by atoms with van der Waals surface area (Å²) in [5.41, 5.74) is 12.3. The molecule has 0 bridgehead atoms. The first-order valence-corrected chi connectivity index (χ1v) is 16.3. The van der Waals surface area contributed by atoms with Crippen molar-refractivity contribution in [1.82, 2.24) is 49.2 Å². The highest BCUT2D eigenvalue weighted by atomic mass is 16.6. The van der Waals surface area contributed by atoms with Crippen LogP contribution in [-0.4, -0.2) is 74.0 Å². The average Bonchev–Trinajstić information content (AvgIpc) is 3.89. The maximum Gasteiger partial charge on any atom is 0.410 e. The highest BCUT2D eigenvalue weighted by Gasteiger charge is 2.32. The number of likely N-dealkylation sites (tertiary alicyclic amines) is 1. The molecule has 6 aromatic rings. The van der Waals surface area contributed by atoms with E-state index >= 15 is 0 Å². The first kappa shape index (κ1) is 29.8. The van der Waals surface area contributed by atoms with Crippen molar-refractivity contribution in [3.05, 3.63) is 90.1 Å². The number of nitrogens with zero attached hydrogens (tertiary/aromatic N) is 10. The molecule has 48 heavy (non-hydrogen) atoms. The molecule has 5 aromatic heterocycles. The number of carbonyl (C=O) groups excluding carboxylic acids is 1. The molecule has 244 valence electrons. The summed E-state index contributed by atoms with van der Waals surface area (Å²) in [6.07, 6.45) is 10.7. The van der Waals surface area contributed by atoms with Gasteiger partial charge >= 0.3 is 6.09 Å². The molecular weight excluding hydrogens is 606 g/mol. The molecule has 1 fully saturated rings. The second-order valence-electron chi connectivity index (χ2n) is 13.5. The van der Waals surface area contributed by atoms with Gasteiger partial charge in [-0.15, -0.1) is 5.10 Å². The summed E-state index contributed by atoms with van der Waals surface area (Å²) < 4.78 is 11.4. The normalized spacial score (nSPS) is 17.9. The summed E-state index contributed by atoms with van der Waals surface area (Å²) in [6, 6.07) is 16.1. The van der Waals surface area contributed by atoms with E-state index in [0.717, 1.165) is 48.1 Å². The largest absolute Gasteiger partial charge is 0.444 e. The summed E-state index contributed by atoms with van der Waals surface area (Å²) in [4.78, 5) is 28.9. The minimum Gasteiger partial charge on any atom is -0.444 e. The van der Waals surface area contributed by atoms with Crippen LogP contribution in [-0.2, 0) is 11.2 Å². The standard InChI is InChI=1S/C35H37N11O2/c1-35(2,3)48-34(47)43-17-5-7-23(20-43)28-21-45(42-41-28)29-13-9-22-19-24(10-11-25(22)29)46-32(26-8-4-15-37-31(26)36)39-27-12-14-30(40-33(27)46)44-18-6-16-38-44/h4,6,8,10-12,14-16,18-19,21,23,29H,5,7,9,13,17,20H2,1-3H3,(H2,36,37)/t23?,29-/m0/s1. The lowest BCUT2D eigenvalue weighted by atomic mass is 9.95. The lowest BCUT2D eigenvalue weighted by molar-refractivity contribution is 0.0197. The second-order valence-corrected chi connectivity index (χ2v) is 13.5. The third-order valence-corrected chi connectivity index (χ3v) is 9.08. The summed E-state index contributed by atoms with van der Waals surface area (Å²) >= 11 is 0. The molecule has 8 rings (SSSR count). The van der Waals surface area contributed by atoms with Crippen molar-refractivity contribution in [3.63, 3.8) is 0 Å². The van der Waals surface area contributed by atoms with E-state index in [1.54, 1.807) is 22.0 Å². The molecule has 0 saturated carbocycles. The molecule has 13 heteroatoms. The van der Waals surface area contributed by atoms with Gasteiger partial charge in [0.1, 0.15) is 16.9 Å². The van der Waals surface area contributed by atoms with Gasteiger partial charge in [-0.05, 0) is 100 Å². The van der Waals surface area contributed by atoms with Crippen LogP contribution in [0.5, 0.6) is 0 Å². The number of aryl methyl sites for hydroxylation is 1. The van der Waals surface area contributed by atoms with E-state index in [1.807, 2.05) is 62.0 Å². The Morgan fingerprint density at radius 1 is 1.04 bits per heavy atom. The molecule has 2 aliphatic rings. The van der Waals surface area contributed by atoms with E-state index in [2.05, 4.69) is 49.4 Å². The molecule has 6 heterocycles. The van der Waals surface area contributed by atoms with Gasteiger partial charge in [0.05, 0.1) is 17.3 Å². The van der Waals surface area contributed by atoms with Gasteiger partial charge in [-0.1, -0.05) is 11.3 Å². The molecule has 1 aliphatic carbocycles. The summed E-state index contributed by atoms with van der Waals surface area (Å²) in [5, 5.41) is 13.6. The van der Waals surface area contributed by atoms with E-state index in [4.69, 9.17) is 20.4 Å². The number of fused-ring (bicyclic) bond motifs is 2. The van der Waals surface area contributed by atoms with Gasteiger partial charge < -0.3 is 15.4 Å². The summed E-state index contributed by atoms with van der Waals surface area (Å²) in [7, 11) is 0. The molecule has 2 atom stereocenters. The third kappa shape index (κ3) is 5.44. The predicted molar refractivity (Wildman–Crippen MR) is 180 cm³/mol. The Kier molecular flexibility index (Phi) is 7.19. The first-order valence-electron chi connectivity index (χ1n) is 16.3. The maximum absolute atomic E-state index is 12.8. The number of benzene rings is 1. The Hall–Kier alpha value is -5.59. The number of imidazole rings is 1. The Labute approximate surface area is 277 Å². The van der Waals surface area contributed by atoms with Crippen LogP contribution in [0.2, 0.25) is 0 Å². The third-order valence-electron chi connectivity index (χ3n) is 9.08. The van der Waals surface area contributed by atoms with Crippen molar-refractivity contribution >= 4 is 23.1 Å². The number of hydrogen-bond acceptors (Lipinski definition) is 9. The zero-order chi connectivity index (χ0) is 33.0. The van der Waals surface area contributed by atoms with E-state index < -0.39 is 5.60 Å². The number of rotatable bonds is 5. The molecule has 1 unspecified atom stereocenters. The van der Waals surface area contributed by atoms with Crippen LogP contribution in [0.15, 0.2) is 73.3 Å². The molecule has 1 aliphatic heterocycles. The molecule has 2 N–H and O–H groups in total. The minimum atomic E-state index is -0.527. The highest BCUT2D eigenvalue weighted by Crippen LogP contribution is 2.38. The summed E-state index contributed by atoms with van der Waals surface area (Å²) in [5.74, 6) is 1.88. The van der Waals surface area contributed by atoms with Crippen LogP contribution in [0.3, 0.4) is 0 Å². The quantitative estimate of drug-likeness (QED) is 0.257. The minimum absolute atomic E-state index is 0.0679. The van der Waals surface area contributed by atoms with Gasteiger partial charge in [0.25, 0.3) is 0 Å². The first-order chi connectivity index (χ1) is 23.2. The number of nitrogens with two attached hydrogens (primary N) is 1. The van der Waals surface area contributed by atoms with Crippen molar-refractivity contribution in [2.45, 2.75) is 64.0 Å². The molecular formula is C35H37N11O2. The van der Waals surface area contributed by atoms with Crippen LogP contribution in [0.25, 0.3) is 34.1 Å². The maximum atomic E-state index is 12.8. The zero-order valence-electron chi connectivity index (χ0n) is 27.2. The van der Waals surface area contributed by atoms with Gasteiger partial charge in [0, 0.05) is 49.5 Å².